The van der Waals surface area contributed by atoms with Crippen LogP contribution in [0, 0.1) is 11.8 Å². The van der Waals surface area contributed by atoms with E-state index >= 15 is 0 Å². The average molecular weight is 458 g/mol. The lowest BCUT2D eigenvalue weighted by atomic mass is 9.88. The van der Waals surface area contributed by atoms with Gasteiger partial charge in [-0.3, -0.25) is 4.21 Å². The largest absolute Gasteiger partial charge is 0.371 e. The van der Waals surface area contributed by atoms with E-state index in [0.29, 0.717) is 40.7 Å². The summed E-state index contributed by atoms with van der Waals surface area (Å²) in [5.41, 5.74) is 5.19. The lowest BCUT2D eigenvalue weighted by Gasteiger charge is -2.26. The van der Waals surface area contributed by atoms with Crippen molar-refractivity contribution in [1.29, 1.82) is 0 Å². The van der Waals surface area contributed by atoms with Crippen LogP contribution in [0.15, 0.2) is 27.5 Å². The lowest BCUT2D eigenvalue weighted by molar-refractivity contribution is 0.533. The summed E-state index contributed by atoms with van der Waals surface area (Å²) in [7, 11) is -3.54. The maximum Gasteiger partial charge on any atom is 0.227 e. The fourth-order valence-corrected chi connectivity index (χ4v) is 7.22. The first kappa shape index (κ1) is 19.7. The van der Waals surface area contributed by atoms with Gasteiger partial charge in [-0.05, 0) is 36.1 Å². The molecule has 2 aromatic rings. The summed E-state index contributed by atoms with van der Waals surface area (Å²) in [6.07, 6.45) is 6.29. The second-order valence-electron chi connectivity index (χ2n) is 9.48. The summed E-state index contributed by atoms with van der Waals surface area (Å²) in [6.45, 7) is 3.95. The summed E-state index contributed by atoms with van der Waals surface area (Å²) >= 11 is 0. The molecule has 0 radical (unpaired) electrons. The molecule has 1 aromatic heterocycles. The highest BCUT2D eigenvalue weighted by molar-refractivity contribution is 7.92. The fourth-order valence-electron chi connectivity index (χ4n) is 5.32. The molecule has 0 bridgehead atoms. The van der Waals surface area contributed by atoms with Crippen LogP contribution in [0.1, 0.15) is 16.8 Å². The molecule has 4 heterocycles. The van der Waals surface area contributed by atoms with Gasteiger partial charge in [0, 0.05) is 78.1 Å². The van der Waals surface area contributed by atoms with Gasteiger partial charge in [0.05, 0.1) is 16.5 Å². The third-order valence-electron chi connectivity index (χ3n) is 6.95. The topological polar surface area (TPSA) is 78.8 Å². The van der Waals surface area contributed by atoms with Crippen LogP contribution < -0.4 is 9.80 Å². The van der Waals surface area contributed by atoms with Crippen LogP contribution in [0.5, 0.6) is 0 Å². The highest BCUT2D eigenvalue weighted by Crippen LogP contribution is 2.38. The van der Waals surface area contributed by atoms with Gasteiger partial charge in [-0.1, -0.05) is 6.07 Å². The summed E-state index contributed by atoms with van der Waals surface area (Å²) in [6, 6.07) is 6.95. The molecule has 0 unspecified atom stereocenters. The molecule has 2 fully saturated rings. The number of hydrogen-bond donors (Lipinski definition) is 0. The van der Waals surface area contributed by atoms with Gasteiger partial charge in [-0.15, -0.1) is 0 Å². The number of anilines is 2. The van der Waals surface area contributed by atoms with Crippen LogP contribution in [0.25, 0.3) is 0 Å². The molecule has 0 amide bonds. The lowest BCUT2D eigenvalue weighted by Crippen LogP contribution is -2.30. The molecule has 0 N–H and O–H groups in total. The van der Waals surface area contributed by atoms with Crippen molar-refractivity contribution < 1.29 is 8.42 Å². The minimum absolute atomic E-state index is 0.367. The van der Waals surface area contributed by atoms with Crippen molar-refractivity contribution in [2.24, 2.45) is 16.2 Å². The zero-order chi connectivity index (χ0) is 21.3. The highest BCUT2D eigenvalue weighted by atomic mass is 32.2. The first-order chi connectivity index (χ1) is 14.8. The van der Waals surface area contributed by atoms with E-state index in [1.165, 1.54) is 29.7 Å². The molecule has 31 heavy (non-hydrogen) atoms. The number of aryl methyl sites for hydroxylation is 3. The smallest absolute Gasteiger partial charge is 0.227 e. The second kappa shape index (κ2) is 7.00. The molecule has 1 aromatic carbocycles. The van der Waals surface area contributed by atoms with Crippen LogP contribution in [0.3, 0.4) is 0 Å². The van der Waals surface area contributed by atoms with Gasteiger partial charge in [0.2, 0.25) is 5.95 Å². The Morgan fingerprint density at radius 3 is 2.35 bits per heavy atom. The average Bonchev–Trinajstić information content (AvgIpc) is 3.35. The second-order valence-corrected chi connectivity index (χ2v) is 13.5. The number of fused-ring (bicyclic) bond motifs is 3. The molecule has 3 atom stereocenters. The number of aromatic nitrogens is 2. The third kappa shape index (κ3) is 3.46. The summed E-state index contributed by atoms with van der Waals surface area (Å²) in [5.74, 6) is 2.73. The van der Waals surface area contributed by atoms with Crippen LogP contribution in [0.2, 0.25) is 0 Å². The molecule has 0 spiro atoms. The minimum atomic E-state index is -2.39. The van der Waals surface area contributed by atoms with E-state index in [1.807, 2.05) is 0 Å². The maximum atomic E-state index is 12.4. The Labute approximate surface area is 185 Å². The third-order valence-corrected chi connectivity index (χ3v) is 9.01. The number of rotatable bonds is 3. The normalized spacial score (nSPS) is 26.5. The molecule has 1 aliphatic carbocycles. The Kier molecular flexibility index (Phi) is 4.44. The predicted molar refractivity (Wildman–Crippen MR) is 124 cm³/mol. The van der Waals surface area contributed by atoms with E-state index in [2.05, 4.69) is 37.3 Å². The molecule has 4 aliphatic rings. The number of hydrogen-bond acceptors (Lipinski definition) is 7. The van der Waals surface area contributed by atoms with E-state index in [1.54, 1.807) is 12.5 Å². The van der Waals surface area contributed by atoms with Gasteiger partial charge in [-0.25, -0.2) is 9.19 Å². The predicted octanol–water partition coefficient (Wildman–Crippen LogP) is 2.17. The van der Waals surface area contributed by atoms with E-state index < -0.39 is 20.5 Å². The van der Waals surface area contributed by atoms with Crippen LogP contribution in [0.4, 0.5) is 17.5 Å². The quantitative estimate of drug-likeness (QED) is 0.703. The molecule has 0 saturated carbocycles. The van der Waals surface area contributed by atoms with Crippen molar-refractivity contribution in [2.75, 3.05) is 54.2 Å². The molecule has 3 aliphatic heterocycles. The molecule has 2 saturated heterocycles. The monoisotopic (exact) mass is 457 g/mol. The zero-order valence-corrected chi connectivity index (χ0v) is 19.5. The van der Waals surface area contributed by atoms with Gasteiger partial charge in [0.25, 0.3) is 0 Å². The van der Waals surface area contributed by atoms with E-state index in [0.717, 1.165) is 31.9 Å². The van der Waals surface area contributed by atoms with Gasteiger partial charge >= 0.3 is 0 Å². The Morgan fingerprint density at radius 1 is 1.00 bits per heavy atom. The van der Waals surface area contributed by atoms with Gasteiger partial charge < -0.3 is 9.80 Å². The van der Waals surface area contributed by atoms with Crippen molar-refractivity contribution in [1.82, 2.24) is 9.97 Å². The molecule has 6 rings (SSSR count). The van der Waals surface area contributed by atoms with Gasteiger partial charge in [0.1, 0.15) is 4.90 Å². The molecule has 164 valence electrons. The minimum Gasteiger partial charge on any atom is -0.371 e. The summed E-state index contributed by atoms with van der Waals surface area (Å²) < 4.78 is 29.1. The standard InChI is InChI=1S/C22H27N5O2S2/c1-31(2,29)25-21-20-19(7-8-30(20)28)23-22(24-21)27-12-16-10-26(11-17(16)13-27)18-6-5-14-3-4-15(14)9-18/h5-6,9,16-17H,3-4,7-8,10-13H2,1-2H3/t16-,17+,30-/m0/s1. The molecule has 9 heteroatoms. The first-order valence-corrected chi connectivity index (χ1v) is 14.6. The molecular formula is C22H27N5O2S2. The van der Waals surface area contributed by atoms with E-state index in [9.17, 15) is 8.42 Å². The van der Waals surface area contributed by atoms with Gasteiger partial charge in [-0.2, -0.15) is 9.35 Å². The maximum absolute atomic E-state index is 12.4. The number of benzene rings is 1. The van der Waals surface area contributed by atoms with Crippen LogP contribution >= 0.6 is 0 Å². The van der Waals surface area contributed by atoms with Crippen molar-refractivity contribution in [2.45, 2.75) is 24.2 Å². The molecule has 7 nitrogen and oxygen atoms in total. The highest BCUT2D eigenvalue weighted by Gasteiger charge is 2.41. The SMILES string of the molecule is CS(C)(=O)=Nc1nc(N2C[C@H]3CN(c4ccc5c(c4)CC5)C[C@H]3C2)nc2c1[S@@](=O)CC2. The van der Waals surface area contributed by atoms with Crippen LogP contribution in [-0.4, -0.2) is 62.8 Å². The first-order valence-electron chi connectivity index (χ1n) is 10.9. The van der Waals surface area contributed by atoms with Crippen molar-refractivity contribution in [3.05, 3.63) is 35.0 Å². The van der Waals surface area contributed by atoms with Crippen molar-refractivity contribution in [3.63, 3.8) is 0 Å². The van der Waals surface area contributed by atoms with Gasteiger partial charge in [0.15, 0.2) is 5.82 Å². The Balaban J connectivity index is 1.24. The fraction of sp³-hybridized carbons (Fsp3) is 0.545. The Hall–Kier alpha value is -2.00. The number of nitrogens with zero attached hydrogens (tertiary/aromatic N) is 5. The Morgan fingerprint density at radius 2 is 1.71 bits per heavy atom. The van der Waals surface area contributed by atoms with E-state index in [4.69, 9.17) is 4.98 Å². The van der Waals surface area contributed by atoms with Crippen LogP contribution in [-0.2, 0) is 39.8 Å². The van der Waals surface area contributed by atoms with Crippen molar-refractivity contribution >= 4 is 38.0 Å². The zero-order valence-electron chi connectivity index (χ0n) is 17.9. The molecular weight excluding hydrogens is 430 g/mol. The summed E-state index contributed by atoms with van der Waals surface area (Å²) in [5, 5.41) is 0. The summed E-state index contributed by atoms with van der Waals surface area (Å²) in [4.78, 5) is 14.8. The Bertz CT molecular complexity index is 1210. The van der Waals surface area contributed by atoms with Crippen molar-refractivity contribution in [3.8, 4) is 0 Å². The van der Waals surface area contributed by atoms with E-state index in [-0.39, 0.29) is 0 Å².